The van der Waals surface area contributed by atoms with E-state index in [4.69, 9.17) is 4.74 Å². The first kappa shape index (κ1) is 11.9. The van der Waals surface area contributed by atoms with E-state index in [0.717, 1.165) is 19.6 Å². The van der Waals surface area contributed by atoms with Crippen molar-refractivity contribution in [1.82, 2.24) is 5.32 Å². The molecule has 0 rings (SSSR count). The molecule has 0 bridgehead atoms. The third-order valence-corrected chi connectivity index (χ3v) is 2.07. The van der Waals surface area contributed by atoms with E-state index in [1.165, 1.54) is 19.3 Å². The van der Waals surface area contributed by atoms with Crippen LogP contribution in [0.5, 0.6) is 0 Å². The Labute approximate surface area is 76.7 Å². The van der Waals surface area contributed by atoms with Crippen molar-refractivity contribution >= 4 is 0 Å². The molecule has 0 radical (unpaired) electrons. The molecule has 0 aliphatic carbocycles. The second-order valence-electron chi connectivity index (χ2n) is 3.22. The van der Waals surface area contributed by atoms with E-state index in [1.807, 2.05) is 0 Å². The summed E-state index contributed by atoms with van der Waals surface area (Å²) in [6, 6.07) is 0.548. The molecule has 0 aromatic carbocycles. The van der Waals surface area contributed by atoms with Crippen LogP contribution in [0.1, 0.15) is 39.5 Å². The SMILES string of the molecule is CCCCCNC(CC)COC. The highest BCUT2D eigenvalue weighted by Crippen LogP contribution is 1.95. The average Bonchev–Trinajstić information content (AvgIpc) is 2.10. The first-order valence-electron chi connectivity index (χ1n) is 5.07. The number of rotatable bonds is 8. The number of ether oxygens (including phenoxy) is 1. The lowest BCUT2D eigenvalue weighted by Gasteiger charge is -2.15. The molecular formula is C10H23NO. The van der Waals surface area contributed by atoms with Gasteiger partial charge in [0.2, 0.25) is 0 Å². The maximum atomic E-state index is 5.09. The predicted molar refractivity (Wildman–Crippen MR) is 53.5 cm³/mol. The van der Waals surface area contributed by atoms with Crippen LogP contribution in [0.4, 0.5) is 0 Å². The highest BCUT2D eigenvalue weighted by atomic mass is 16.5. The summed E-state index contributed by atoms with van der Waals surface area (Å²) in [7, 11) is 1.76. The van der Waals surface area contributed by atoms with E-state index in [0.29, 0.717) is 6.04 Å². The van der Waals surface area contributed by atoms with Gasteiger partial charge in [-0.25, -0.2) is 0 Å². The summed E-state index contributed by atoms with van der Waals surface area (Å²) in [5, 5.41) is 3.48. The molecule has 1 atom stereocenters. The Hall–Kier alpha value is -0.0800. The van der Waals surface area contributed by atoms with Crippen molar-refractivity contribution in [3.05, 3.63) is 0 Å². The molecule has 0 aromatic rings. The fourth-order valence-corrected chi connectivity index (χ4v) is 1.20. The normalized spacial score (nSPS) is 13.2. The molecular weight excluding hydrogens is 150 g/mol. The number of hydrogen-bond donors (Lipinski definition) is 1. The van der Waals surface area contributed by atoms with Gasteiger partial charge >= 0.3 is 0 Å². The van der Waals surface area contributed by atoms with Crippen LogP contribution in [0, 0.1) is 0 Å². The average molecular weight is 173 g/mol. The molecule has 0 aliphatic heterocycles. The minimum atomic E-state index is 0.548. The summed E-state index contributed by atoms with van der Waals surface area (Å²) in [4.78, 5) is 0. The van der Waals surface area contributed by atoms with E-state index < -0.39 is 0 Å². The molecule has 0 fully saturated rings. The van der Waals surface area contributed by atoms with Crippen LogP contribution in [-0.2, 0) is 4.74 Å². The van der Waals surface area contributed by atoms with E-state index in [1.54, 1.807) is 7.11 Å². The largest absolute Gasteiger partial charge is 0.383 e. The van der Waals surface area contributed by atoms with E-state index in [9.17, 15) is 0 Å². The number of unbranched alkanes of at least 4 members (excludes halogenated alkanes) is 2. The van der Waals surface area contributed by atoms with Gasteiger partial charge in [-0.05, 0) is 19.4 Å². The van der Waals surface area contributed by atoms with Gasteiger partial charge in [-0.3, -0.25) is 0 Å². The van der Waals surface area contributed by atoms with Gasteiger partial charge in [-0.15, -0.1) is 0 Å². The Balaban J connectivity index is 3.19. The molecule has 0 spiro atoms. The first-order valence-corrected chi connectivity index (χ1v) is 5.07. The van der Waals surface area contributed by atoms with Gasteiger partial charge in [0.1, 0.15) is 0 Å². The van der Waals surface area contributed by atoms with Crippen LogP contribution in [0.25, 0.3) is 0 Å². The summed E-state index contributed by atoms with van der Waals surface area (Å²) in [5.41, 5.74) is 0. The Kier molecular flexibility index (Phi) is 8.95. The van der Waals surface area contributed by atoms with Crippen molar-refractivity contribution in [3.63, 3.8) is 0 Å². The third kappa shape index (κ3) is 6.62. The second kappa shape index (κ2) is 9.01. The molecule has 1 unspecified atom stereocenters. The maximum absolute atomic E-state index is 5.09. The Bertz CT molecular complexity index is 85.9. The minimum absolute atomic E-state index is 0.548. The van der Waals surface area contributed by atoms with Gasteiger partial charge in [-0.2, -0.15) is 0 Å². The van der Waals surface area contributed by atoms with Gasteiger partial charge < -0.3 is 10.1 Å². The first-order chi connectivity index (χ1) is 5.85. The summed E-state index contributed by atoms with van der Waals surface area (Å²) in [5.74, 6) is 0. The summed E-state index contributed by atoms with van der Waals surface area (Å²) < 4.78 is 5.09. The van der Waals surface area contributed by atoms with Crippen molar-refractivity contribution in [1.29, 1.82) is 0 Å². The monoisotopic (exact) mass is 173 g/mol. The fourth-order valence-electron chi connectivity index (χ4n) is 1.20. The van der Waals surface area contributed by atoms with Crippen LogP contribution in [0.15, 0.2) is 0 Å². The molecule has 2 heteroatoms. The van der Waals surface area contributed by atoms with Crippen LogP contribution in [0.2, 0.25) is 0 Å². The van der Waals surface area contributed by atoms with Crippen LogP contribution in [0.3, 0.4) is 0 Å². The zero-order valence-corrected chi connectivity index (χ0v) is 8.73. The van der Waals surface area contributed by atoms with Gasteiger partial charge in [-0.1, -0.05) is 26.7 Å². The van der Waals surface area contributed by atoms with E-state index in [-0.39, 0.29) is 0 Å². The Morgan fingerprint density at radius 2 is 2.00 bits per heavy atom. The van der Waals surface area contributed by atoms with E-state index in [2.05, 4.69) is 19.2 Å². The molecule has 0 heterocycles. The molecule has 0 saturated heterocycles. The highest BCUT2D eigenvalue weighted by molar-refractivity contribution is 4.62. The molecule has 0 aromatic heterocycles. The smallest absolute Gasteiger partial charge is 0.0615 e. The fraction of sp³-hybridized carbons (Fsp3) is 1.00. The van der Waals surface area contributed by atoms with Crippen molar-refractivity contribution < 1.29 is 4.74 Å². The topological polar surface area (TPSA) is 21.3 Å². The Morgan fingerprint density at radius 1 is 1.25 bits per heavy atom. The lowest BCUT2D eigenvalue weighted by molar-refractivity contribution is 0.164. The minimum Gasteiger partial charge on any atom is -0.383 e. The van der Waals surface area contributed by atoms with Crippen molar-refractivity contribution in [3.8, 4) is 0 Å². The summed E-state index contributed by atoms with van der Waals surface area (Å²) in [6.07, 6.45) is 5.07. The van der Waals surface area contributed by atoms with Gasteiger partial charge in [0.05, 0.1) is 6.61 Å². The summed E-state index contributed by atoms with van der Waals surface area (Å²) in [6.45, 7) is 6.39. The highest BCUT2D eigenvalue weighted by Gasteiger charge is 2.02. The molecule has 2 nitrogen and oxygen atoms in total. The lowest BCUT2D eigenvalue weighted by Crippen LogP contribution is -2.33. The van der Waals surface area contributed by atoms with Crippen LogP contribution < -0.4 is 5.32 Å². The zero-order chi connectivity index (χ0) is 9.23. The molecule has 74 valence electrons. The number of nitrogens with one attached hydrogen (secondary N) is 1. The van der Waals surface area contributed by atoms with Crippen molar-refractivity contribution in [2.24, 2.45) is 0 Å². The number of hydrogen-bond acceptors (Lipinski definition) is 2. The Morgan fingerprint density at radius 3 is 2.50 bits per heavy atom. The predicted octanol–water partition coefficient (Wildman–Crippen LogP) is 2.19. The van der Waals surface area contributed by atoms with Gasteiger partial charge in [0.15, 0.2) is 0 Å². The van der Waals surface area contributed by atoms with Gasteiger partial charge in [0, 0.05) is 13.2 Å². The lowest BCUT2D eigenvalue weighted by atomic mass is 10.2. The number of methoxy groups -OCH3 is 1. The standard InChI is InChI=1S/C10H23NO/c1-4-6-7-8-11-10(5-2)9-12-3/h10-11H,4-9H2,1-3H3. The van der Waals surface area contributed by atoms with Crippen LogP contribution >= 0.6 is 0 Å². The molecule has 0 amide bonds. The third-order valence-electron chi connectivity index (χ3n) is 2.07. The maximum Gasteiger partial charge on any atom is 0.0615 e. The molecule has 0 saturated carbocycles. The van der Waals surface area contributed by atoms with Crippen molar-refractivity contribution in [2.75, 3.05) is 20.3 Å². The molecule has 0 aliphatic rings. The zero-order valence-electron chi connectivity index (χ0n) is 8.73. The van der Waals surface area contributed by atoms with Gasteiger partial charge in [0.25, 0.3) is 0 Å². The van der Waals surface area contributed by atoms with E-state index >= 15 is 0 Å². The molecule has 1 N–H and O–H groups in total. The molecule has 12 heavy (non-hydrogen) atoms. The second-order valence-corrected chi connectivity index (χ2v) is 3.22. The van der Waals surface area contributed by atoms with Crippen LogP contribution in [-0.4, -0.2) is 26.3 Å². The van der Waals surface area contributed by atoms with Crippen molar-refractivity contribution in [2.45, 2.75) is 45.6 Å². The summed E-state index contributed by atoms with van der Waals surface area (Å²) >= 11 is 0. The quantitative estimate of drug-likeness (QED) is 0.568.